The van der Waals surface area contributed by atoms with Gasteiger partial charge >= 0.3 is 6.18 Å². The Hall–Kier alpha value is -3.09. The number of benzene rings is 1. The normalized spacial score (nSPS) is 13.5. The van der Waals surface area contributed by atoms with Crippen molar-refractivity contribution in [2.75, 3.05) is 13.2 Å². The molecule has 6 nitrogen and oxygen atoms in total. The topological polar surface area (TPSA) is 89.8 Å². The number of halogens is 7. The van der Waals surface area contributed by atoms with Gasteiger partial charge in [-0.25, -0.2) is 14.6 Å². The van der Waals surface area contributed by atoms with E-state index in [0.717, 1.165) is 30.6 Å². The maximum atomic E-state index is 15.2. The van der Waals surface area contributed by atoms with Crippen LogP contribution in [0.25, 0.3) is 0 Å². The molecule has 0 aliphatic carbocycles. The molecule has 30 heavy (non-hydrogen) atoms. The summed E-state index contributed by atoms with van der Waals surface area (Å²) in [5.41, 5.74) is -1.46. The highest BCUT2D eigenvalue weighted by atomic mass is 19.4. The van der Waals surface area contributed by atoms with E-state index in [0.29, 0.717) is 17.3 Å². The number of pyridine rings is 1. The molecule has 0 spiro atoms. The number of nitrogens with zero attached hydrogens (tertiary/aromatic N) is 3. The average molecular weight is 439 g/mol. The molecule has 0 aliphatic rings. The van der Waals surface area contributed by atoms with Gasteiger partial charge in [0.2, 0.25) is 0 Å². The fraction of sp³-hybridized carbons (Fsp3) is 0.294. The van der Waals surface area contributed by atoms with Crippen molar-refractivity contribution in [3.63, 3.8) is 0 Å². The number of hydrazone groups is 1. The Kier molecular flexibility index (Phi) is 7.08. The highest BCUT2D eigenvalue weighted by molar-refractivity contribution is 5.53. The number of hydrogen-bond donors (Lipinski definition) is 2. The van der Waals surface area contributed by atoms with Crippen LogP contribution in [0.5, 0.6) is 5.75 Å². The lowest BCUT2D eigenvalue weighted by atomic mass is 9.89. The van der Waals surface area contributed by atoms with Gasteiger partial charge in [0.15, 0.2) is 6.61 Å². The van der Waals surface area contributed by atoms with Crippen molar-refractivity contribution in [2.24, 2.45) is 16.8 Å². The quantitative estimate of drug-likeness (QED) is 0.217. The smallest absolute Gasteiger partial charge is 0.422 e. The van der Waals surface area contributed by atoms with E-state index in [2.05, 4.69) is 14.8 Å². The molecule has 0 saturated carbocycles. The SMILES string of the molecule is N/N=C\N(N)CC(c1ccc(F)cc1F)C(F)(F)c1ccc(OCC(F)(F)F)cn1. The highest BCUT2D eigenvalue weighted by Gasteiger charge is 2.45. The molecule has 0 aliphatic heterocycles. The van der Waals surface area contributed by atoms with Crippen LogP contribution in [0.4, 0.5) is 30.7 Å². The fourth-order valence-corrected chi connectivity index (χ4v) is 2.54. The van der Waals surface area contributed by atoms with Crippen molar-refractivity contribution in [2.45, 2.75) is 18.0 Å². The Labute approximate surface area is 165 Å². The van der Waals surface area contributed by atoms with Crippen LogP contribution in [0.2, 0.25) is 0 Å². The molecule has 2 aromatic rings. The highest BCUT2D eigenvalue weighted by Crippen LogP contribution is 2.42. The summed E-state index contributed by atoms with van der Waals surface area (Å²) in [6.07, 6.45) is -3.14. The van der Waals surface area contributed by atoms with Crippen LogP contribution >= 0.6 is 0 Å². The van der Waals surface area contributed by atoms with E-state index in [4.69, 9.17) is 11.7 Å². The van der Waals surface area contributed by atoms with E-state index < -0.39 is 59.8 Å². The second-order valence-corrected chi connectivity index (χ2v) is 6.09. The van der Waals surface area contributed by atoms with E-state index >= 15 is 8.78 Å². The predicted octanol–water partition coefficient (Wildman–Crippen LogP) is 3.25. The minimum Gasteiger partial charge on any atom is -0.483 e. The molecule has 1 unspecified atom stereocenters. The first-order chi connectivity index (χ1) is 13.9. The van der Waals surface area contributed by atoms with Gasteiger partial charge in [-0.1, -0.05) is 6.07 Å². The first-order valence-corrected chi connectivity index (χ1v) is 8.17. The molecular formula is C17H16F7N5O. The molecule has 4 N–H and O–H groups in total. The summed E-state index contributed by atoms with van der Waals surface area (Å²) >= 11 is 0. The van der Waals surface area contributed by atoms with Gasteiger partial charge in [-0.2, -0.15) is 27.1 Å². The van der Waals surface area contributed by atoms with Crippen molar-refractivity contribution >= 4 is 6.34 Å². The van der Waals surface area contributed by atoms with Gasteiger partial charge in [0.25, 0.3) is 5.92 Å². The summed E-state index contributed by atoms with van der Waals surface area (Å²) < 4.78 is 98.8. The van der Waals surface area contributed by atoms with Crippen molar-refractivity contribution in [3.05, 3.63) is 59.4 Å². The van der Waals surface area contributed by atoms with Crippen molar-refractivity contribution in [1.29, 1.82) is 0 Å². The number of nitrogens with two attached hydrogens (primary N) is 2. The molecule has 0 amide bonds. The predicted molar refractivity (Wildman–Crippen MR) is 92.4 cm³/mol. The zero-order valence-electron chi connectivity index (χ0n) is 15.1. The number of hydrazine groups is 1. The van der Waals surface area contributed by atoms with Gasteiger partial charge in [0.05, 0.1) is 12.1 Å². The summed E-state index contributed by atoms with van der Waals surface area (Å²) in [7, 11) is 0. The van der Waals surface area contributed by atoms with Crippen LogP contribution in [0, 0.1) is 11.6 Å². The largest absolute Gasteiger partial charge is 0.483 e. The zero-order chi connectivity index (χ0) is 22.5. The second-order valence-electron chi connectivity index (χ2n) is 6.09. The first-order valence-electron chi connectivity index (χ1n) is 8.17. The third-order valence-corrected chi connectivity index (χ3v) is 3.86. The number of alkyl halides is 5. The second kappa shape index (κ2) is 9.15. The summed E-state index contributed by atoms with van der Waals surface area (Å²) in [5.74, 6) is 1.96. The Morgan fingerprint density at radius 2 is 1.83 bits per heavy atom. The number of hydrogen-bond acceptors (Lipinski definition) is 5. The van der Waals surface area contributed by atoms with Gasteiger partial charge in [-0.15, -0.1) is 0 Å². The summed E-state index contributed by atoms with van der Waals surface area (Å²) in [6, 6.07) is 3.65. The number of rotatable bonds is 8. The lowest BCUT2D eigenvalue weighted by molar-refractivity contribution is -0.153. The van der Waals surface area contributed by atoms with E-state index in [1.807, 2.05) is 0 Å². The molecule has 164 valence electrons. The van der Waals surface area contributed by atoms with Gasteiger partial charge in [0.1, 0.15) is 29.4 Å². The summed E-state index contributed by atoms with van der Waals surface area (Å²) in [5, 5.41) is 3.75. The molecule has 13 heteroatoms. The monoisotopic (exact) mass is 439 g/mol. The van der Waals surface area contributed by atoms with Crippen molar-refractivity contribution in [1.82, 2.24) is 9.99 Å². The van der Waals surface area contributed by atoms with Crippen molar-refractivity contribution < 1.29 is 35.5 Å². The molecule has 0 fully saturated rings. The molecule has 1 heterocycles. The zero-order valence-corrected chi connectivity index (χ0v) is 15.1. The molecular weight excluding hydrogens is 423 g/mol. The summed E-state index contributed by atoms with van der Waals surface area (Å²) in [4.78, 5) is 3.44. The first kappa shape index (κ1) is 23.2. The minimum atomic E-state index is -4.62. The lowest BCUT2D eigenvalue weighted by Gasteiger charge is -2.29. The number of aromatic nitrogens is 1. The molecule has 0 saturated heterocycles. The molecule has 0 radical (unpaired) electrons. The maximum Gasteiger partial charge on any atom is 0.422 e. The van der Waals surface area contributed by atoms with Crippen LogP contribution in [0.15, 0.2) is 41.6 Å². The van der Waals surface area contributed by atoms with Crippen LogP contribution in [0.3, 0.4) is 0 Å². The van der Waals surface area contributed by atoms with Crippen LogP contribution in [-0.4, -0.2) is 35.7 Å². The molecule has 1 aromatic heterocycles. The van der Waals surface area contributed by atoms with Gasteiger partial charge in [0, 0.05) is 12.6 Å². The van der Waals surface area contributed by atoms with Crippen LogP contribution in [-0.2, 0) is 5.92 Å². The van der Waals surface area contributed by atoms with E-state index in [1.165, 1.54) is 0 Å². The van der Waals surface area contributed by atoms with Gasteiger partial charge in [-0.3, -0.25) is 9.99 Å². The van der Waals surface area contributed by atoms with Crippen LogP contribution in [0.1, 0.15) is 17.2 Å². The molecule has 1 atom stereocenters. The van der Waals surface area contributed by atoms with Gasteiger partial charge < -0.3 is 10.6 Å². The standard InChI is InChI=1S/C17H16F7N5O/c18-10-1-3-12(14(19)5-10)13(7-29(26)9-28-25)17(23,24)15-4-2-11(6-27-15)30-8-16(20,21)22/h1-6,9,13H,7-8,25-26H2/b28-9-. The maximum absolute atomic E-state index is 15.2. The molecule has 0 bridgehead atoms. The Morgan fingerprint density at radius 3 is 2.37 bits per heavy atom. The lowest BCUT2D eigenvalue weighted by Crippen LogP contribution is -2.40. The molecule has 1 aromatic carbocycles. The Bertz CT molecular complexity index is 874. The Morgan fingerprint density at radius 1 is 1.13 bits per heavy atom. The van der Waals surface area contributed by atoms with Crippen molar-refractivity contribution in [3.8, 4) is 5.75 Å². The fourth-order valence-electron chi connectivity index (χ4n) is 2.54. The van der Waals surface area contributed by atoms with E-state index in [-0.39, 0.29) is 0 Å². The van der Waals surface area contributed by atoms with Crippen LogP contribution < -0.4 is 16.4 Å². The molecule has 2 rings (SSSR count). The van der Waals surface area contributed by atoms with E-state index in [1.54, 1.807) is 0 Å². The average Bonchev–Trinajstić information content (AvgIpc) is 2.65. The van der Waals surface area contributed by atoms with E-state index in [9.17, 15) is 22.0 Å². The van der Waals surface area contributed by atoms with Gasteiger partial charge in [-0.05, 0) is 23.8 Å². The summed E-state index contributed by atoms with van der Waals surface area (Å²) in [6.45, 7) is -2.33. The third-order valence-electron chi connectivity index (χ3n) is 3.86. The number of ether oxygens (including phenoxy) is 1. The minimum absolute atomic E-state index is 0.396. The Balaban J connectivity index is 2.37. The third kappa shape index (κ3) is 5.95.